The van der Waals surface area contributed by atoms with Crippen LogP contribution in [0.4, 0.5) is 14.5 Å². The molecule has 178 valence electrons. The Bertz CT molecular complexity index is 1180. The lowest BCUT2D eigenvalue weighted by atomic mass is 9.92. The van der Waals surface area contributed by atoms with Crippen molar-refractivity contribution in [2.24, 2.45) is 11.1 Å². The first-order valence-corrected chi connectivity index (χ1v) is 11.1. The Kier molecular flexibility index (Phi) is 8.02. The number of carbonyl (C=O) groups is 2. The predicted octanol–water partition coefficient (Wildman–Crippen LogP) is 5.50. The normalized spacial score (nSPS) is 11.2. The summed E-state index contributed by atoms with van der Waals surface area (Å²) < 4.78 is 27.5. The average Bonchev–Trinajstić information content (AvgIpc) is 2.77. The molecule has 3 rings (SSSR count). The van der Waals surface area contributed by atoms with Crippen LogP contribution in [0.15, 0.2) is 66.7 Å². The second-order valence-corrected chi connectivity index (χ2v) is 9.29. The zero-order valence-electron chi connectivity index (χ0n) is 18.9. The van der Waals surface area contributed by atoms with Crippen LogP contribution in [0.1, 0.15) is 40.1 Å². The monoisotopic (exact) mass is 485 g/mol. The van der Waals surface area contributed by atoms with Gasteiger partial charge in [-0.05, 0) is 60.0 Å². The van der Waals surface area contributed by atoms with Gasteiger partial charge in [0.1, 0.15) is 11.6 Å². The summed E-state index contributed by atoms with van der Waals surface area (Å²) in [7, 11) is 0. The minimum absolute atomic E-state index is 0.0873. The zero-order valence-corrected chi connectivity index (χ0v) is 19.7. The van der Waals surface area contributed by atoms with Gasteiger partial charge in [0.05, 0.1) is 0 Å². The average molecular weight is 486 g/mol. The van der Waals surface area contributed by atoms with Crippen LogP contribution < -0.4 is 11.1 Å². The summed E-state index contributed by atoms with van der Waals surface area (Å²) in [6.45, 7) is 4.53. The highest BCUT2D eigenvalue weighted by Crippen LogP contribution is 2.22. The fourth-order valence-electron chi connectivity index (χ4n) is 3.44. The number of nitrogens with two attached hydrogens (primary N) is 1. The number of nitrogens with zero attached hydrogens (tertiary/aromatic N) is 1. The summed E-state index contributed by atoms with van der Waals surface area (Å²) in [5, 5.41) is 3.26. The SMILES string of the molecule is CC(C)(CN)CN(Cc1cccc(NC(=O)c2cccc(Cl)c2)c1)C(=O)c1cc(F)cc(F)c1. The second kappa shape index (κ2) is 10.8. The standard InChI is InChI=1S/C26H26ClF2N3O2/c1-26(2,15-30)16-32(25(34)19-11-21(28)13-22(29)12-19)14-17-5-3-8-23(9-17)31-24(33)18-6-4-7-20(27)10-18/h3-13H,14-16,30H2,1-2H3,(H,31,33). The van der Waals surface area contributed by atoms with E-state index in [0.717, 1.165) is 23.8 Å². The molecule has 0 fully saturated rings. The van der Waals surface area contributed by atoms with Gasteiger partial charge in [0.15, 0.2) is 0 Å². The molecule has 5 nitrogen and oxygen atoms in total. The molecule has 3 aromatic rings. The van der Waals surface area contributed by atoms with Gasteiger partial charge in [-0.3, -0.25) is 9.59 Å². The van der Waals surface area contributed by atoms with Crippen molar-refractivity contribution < 1.29 is 18.4 Å². The molecule has 0 aliphatic heterocycles. The summed E-state index contributed by atoms with van der Waals surface area (Å²) in [5.74, 6) is -2.50. The summed E-state index contributed by atoms with van der Waals surface area (Å²) in [4.78, 5) is 27.3. The van der Waals surface area contributed by atoms with Gasteiger partial charge in [-0.2, -0.15) is 0 Å². The third kappa shape index (κ3) is 6.85. The molecule has 0 bridgehead atoms. The Balaban J connectivity index is 1.84. The number of halogens is 3. The highest BCUT2D eigenvalue weighted by Gasteiger charge is 2.25. The Hall–Kier alpha value is -3.29. The van der Waals surface area contributed by atoms with E-state index in [1.165, 1.54) is 4.90 Å². The fraction of sp³-hybridized carbons (Fsp3) is 0.231. The molecule has 0 saturated carbocycles. The Morgan fingerprint density at radius 2 is 1.65 bits per heavy atom. The van der Waals surface area contributed by atoms with Crippen molar-refractivity contribution in [2.45, 2.75) is 20.4 Å². The van der Waals surface area contributed by atoms with Gasteiger partial charge in [0, 0.05) is 41.0 Å². The van der Waals surface area contributed by atoms with E-state index < -0.39 is 23.0 Å². The van der Waals surface area contributed by atoms with Gasteiger partial charge in [-0.1, -0.05) is 43.6 Å². The maximum atomic E-state index is 13.7. The van der Waals surface area contributed by atoms with E-state index in [4.69, 9.17) is 17.3 Å². The number of anilines is 1. The number of nitrogens with one attached hydrogen (secondary N) is 1. The van der Waals surface area contributed by atoms with Crippen molar-refractivity contribution in [3.05, 3.63) is 100 Å². The van der Waals surface area contributed by atoms with Crippen LogP contribution in [0.25, 0.3) is 0 Å². The van der Waals surface area contributed by atoms with Crippen LogP contribution in [0, 0.1) is 17.0 Å². The van der Waals surface area contributed by atoms with Crippen LogP contribution in [0.2, 0.25) is 5.02 Å². The van der Waals surface area contributed by atoms with Crippen LogP contribution in [0.5, 0.6) is 0 Å². The Labute approximate surface area is 202 Å². The molecule has 34 heavy (non-hydrogen) atoms. The topological polar surface area (TPSA) is 75.4 Å². The molecule has 3 aromatic carbocycles. The van der Waals surface area contributed by atoms with E-state index in [1.54, 1.807) is 48.5 Å². The lowest BCUT2D eigenvalue weighted by Crippen LogP contribution is -2.41. The number of carbonyl (C=O) groups excluding carboxylic acids is 2. The first-order valence-electron chi connectivity index (χ1n) is 10.7. The highest BCUT2D eigenvalue weighted by atomic mass is 35.5. The molecule has 0 heterocycles. The number of benzene rings is 3. The fourth-order valence-corrected chi connectivity index (χ4v) is 3.63. The number of amides is 2. The molecule has 0 aliphatic carbocycles. The largest absolute Gasteiger partial charge is 0.334 e. The quantitative estimate of drug-likeness (QED) is 0.442. The molecule has 0 aliphatic rings. The maximum absolute atomic E-state index is 13.7. The lowest BCUT2D eigenvalue weighted by molar-refractivity contribution is 0.0672. The molecule has 0 spiro atoms. The van der Waals surface area contributed by atoms with Crippen molar-refractivity contribution >= 4 is 29.1 Å². The molecular formula is C26H26ClF2N3O2. The van der Waals surface area contributed by atoms with Gasteiger partial charge < -0.3 is 16.0 Å². The molecule has 2 amide bonds. The van der Waals surface area contributed by atoms with Crippen LogP contribution in [-0.4, -0.2) is 29.8 Å². The van der Waals surface area contributed by atoms with Crippen LogP contribution in [-0.2, 0) is 6.54 Å². The number of hydrogen-bond acceptors (Lipinski definition) is 3. The lowest BCUT2D eigenvalue weighted by Gasteiger charge is -2.32. The van der Waals surface area contributed by atoms with E-state index >= 15 is 0 Å². The summed E-state index contributed by atoms with van der Waals surface area (Å²) in [6.07, 6.45) is 0. The van der Waals surface area contributed by atoms with Crippen molar-refractivity contribution in [3.63, 3.8) is 0 Å². The van der Waals surface area contributed by atoms with Gasteiger partial charge in [0.2, 0.25) is 0 Å². The molecule has 8 heteroatoms. The summed E-state index contributed by atoms with van der Waals surface area (Å²) in [6, 6.07) is 16.3. The molecule has 0 saturated heterocycles. The first kappa shape index (κ1) is 25.3. The second-order valence-electron chi connectivity index (χ2n) is 8.85. The predicted molar refractivity (Wildman–Crippen MR) is 130 cm³/mol. The van der Waals surface area contributed by atoms with E-state index in [0.29, 0.717) is 22.8 Å². The number of rotatable bonds is 8. The molecule has 0 radical (unpaired) electrons. The van der Waals surface area contributed by atoms with Crippen LogP contribution in [0.3, 0.4) is 0 Å². The molecule has 0 unspecified atom stereocenters. The summed E-state index contributed by atoms with van der Waals surface area (Å²) >= 11 is 5.97. The minimum atomic E-state index is -0.827. The van der Waals surface area contributed by atoms with E-state index in [-0.39, 0.29) is 24.6 Å². The first-order chi connectivity index (χ1) is 16.1. The van der Waals surface area contributed by atoms with Crippen molar-refractivity contribution in [3.8, 4) is 0 Å². The smallest absolute Gasteiger partial charge is 0.255 e. The molecular weight excluding hydrogens is 460 g/mol. The molecule has 3 N–H and O–H groups in total. The van der Waals surface area contributed by atoms with Gasteiger partial charge in [-0.25, -0.2) is 8.78 Å². The Morgan fingerprint density at radius 1 is 0.971 bits per heavy atom. The van der Waals surface area contributed by atoms with Gasteiger partial charge in [0.25, 0.3) is 11.8 Å². The third-order valence-corrected chi connectivity index (χ3v) is 5.45. The molecule has 0 aromatic heterocycles. The Morgan fingerprint density at radius 3 is 2.29 bits per heavy atom. The van der Waals surface area contributed by atoms with Crippen molar-refractivity contribution in [2.75, 3.05) is 18.4 Å². The summed E-state index contributed by atoms with van der Waals surface area (Å²) in [5.41, 5.74) is 7.01. The minimum Gasteiger partial charge on any atom is -0.334 e. The van der Waals surface area contributed by atoms with Gasteiger partial charge in [-0.15, -0.1) is 0 Å². The van der Waals surface area contributed by atoms with Crippen LogP contribution >= 0.6 is 11.6 Å². The number of hydrogen-bond donors (Lipinski definition) is 2. The molecule has 0 atom stereocenters. The maximum Gasteiger partial charge on any atom is 0.255 e. The van der Waals surface area contributed by atoms with Crippen molar-refractivity contribution in [1.29, 1.82) is 0 Å². The third-order valence-electron chi connectivity index (χ3n) is 5.21. The highest BCUT2D eigenvalue weighted by molar-refractivity contribution is 6.31. The van der Waals surface area contributed by atoms with E-state index in [9.17, 15) is 18.4 Å². The zero-order chi connectivity index (χ0) is 24.9. The van der Waals surface area contributed by atoms with E-state index in [1.807, 2.05) is 13.8 Å². The van der Waals surface area contributed by atoms with Crippen molar-refractivity contribution in [1.82, 2.24) is 4.90 Å². The van der Waals surface area contributed by atoms with E-state index in [2.05, 4.69) is 5.32 Å². The van der Waals surface area contributed by atoms with Gasteiger partial charge >= 0.3 is 0 Å².